The molecule has 1 atom stereocenters. The van der Waals surface area contributed by atoms with E-state index in [0.717, 1.165) is 11.3 Å². The summed E-state index contributed by atoms with van der Waals surface area (Å²) in [5.74, 6) is -0.340. The zero-order chi connectivity index (χ0) is 23.3. The summed E-state index contributed by atoms with van der Waals surface area (Å²) in [5, 5.41) is 13.6. The molecule has 0 spiro atoms. The number of hydrogen-bond donors (Lipinski definition) is 1. The van der Waals surface area contributed by atoms with Crippen LogP contribution in [0.15, 0.2) is 48.5 Å². The van der Waals surface area contributed by atoms with Gasteiger partial charge in [0.15, 0.2) is 0 Å². The van der Waals surface area contributed by atoms with E-state index in [9.17, 15) is 19.7 Å². The number of benzene rings is 2. The van der Waals surface area contributed by atoms with Crippen LogP contribution in [0.4, 0.5) is 17.1 Å². The molecule has 9 nitrogen and oxygen atoms in total. The Morgan fingerprint density at radius 1 is 1.06 bits per heavy atom. The van der Waals surface area contributed by atoms with E-state index < -0.39 is 4.92 Å². The molecule has 0 radical (unpaired) electrons. The van der Waals surface area contributed by atoms with Gasteiger partial charge in [0.25, 0.3) is 5.69 Å². The minimum absolute atomic E-state index is 0.0141. The van der Waals surface area contributed by atoms with Crippen molar-refractivity contribution < 1.29 is 14.5 Å². The summed E-state index contributed by atoms with van der Waals surface area (Å²) in [7, 11) is 1.64. The Bertz CT molecular complexity index is 953. The van der Waals surface area contributed by atoms with Crippen molar-refractivity contribution >= 4 is 28.9 Å². The highest BCUT2D eigenvalue weighted by Crippen LogP contribution is 2.21. The molecule has 1 aliphatic heterocycles. The number of aryl methyl sites for hydroxylation is 1. The SMILES string of the molecule is Cc1ccc(NC(=O)CN(C)C(=O)C(C)N2CCN(c3ccc([N+](=O)[O-])cc3)CC2)cc1. The summed E-state index contributed by atoms with van der Waals surface area (Å²) in [6, 6.07) is 13.7. The van der Waals surface area contributed by atoms with Gasteiger partial charge >= 0.3 is 0 Å². The second kappa shape index (κ2) is 10.2. The Balaban J connectivity index is 1.48. The van der Waals surface area contributed by atoms with Gasteiger partial charge < -0.3 is 15.1 Å². The Labute approximate surface area is 187 Å². The molecule has 2 aromatic carbocycles. The predicted octanol–water partition coefficient (Wildman–Crippen LogP) is 2.51. The molecule has 0 bridgehead atoms. The van der Waals surface area contributed by atoms with E-state index in [2.05, 4.69) is 15.1 Å². The van der Waals surface area contributed by atoms with Crippen molar-refractivity contribution in [1.29, 1.82) is 0 Å². The number of amides is 2. The fourth-order valence-electron chi connectivity index (χ4n) is 3.76. The van der Waals surface area contributed by atoms with E-state index in [1.54, 1.807) is 19.2 Å². The van der Waals surface area contributed by atoms with Gasteiger partial charge in [-0.15, -0.1) is 0 Å². The number of nitro benzene ring substituents is 1. The first-order valence-corrected chi connectivity index (χ1v) is 10.6. The average Bonchev–Trinajstić information content (AvgIpc) is 2.79. The molecule has 1 aliphatic rings. The van der Waals surface area contributed by atoms with Crippen LogP contribution >= 0.6 is 0 Å². The van der Waals surface area contributed by atoms with Crippen LogP contribution in [0, 0.1) is 17.0 Å². The summed E-state index contributed by atoms with van der Waals surface area (Å²) < 4.78 is 0. The van der Waals surface area contributed by atoms with Gasteiger partial charge in [-0.2, -0.15) is 0 Å². The molecule has 1 heterocycles. The number of nitro groups is 1. The molecule has 170 valence electrons. The van der Waals surface area contributed by atoms with Crippen molar-refractivity contribution in [2.45, 2.75) is 19.9 Å². The molecule has 9 heteroatoms. The maximum atomic E-state index is 12.9. The van der Waals surface area contributed by atoms with Gasteiger partial charge in [-0.3, -0.25) is 24.6 Å². The van der Waals surface area contributed by atoms with Crippen LogP contribution in [0.5, 0.6) is 0 Å². The van der Waals surface area contributed by atoms with Crippen molar-refractivity contribution in [3.05, 3.63) is 64.2 Å². The number of carbonyl (C=O) groups excluding carboxylic acids is 2. The monoisotopic (exact) mass is 439 g/mol. The maximum Gasteiger partial charge on any atom is 0.269 e. The third kappa shape index (κ3) is 5.82. The standard InChI is InChI=1S/C23H29N5O4/c1-17-4-6-19(7-5-17)24-22(29)16-25(3)23(30)18(2)26-12-14-27(15-13-26)20-8-10-21(11-9-20)28(31)32/h4-11,18H,12-16H2,1-3H3,(H,24,29). The van der Waals surface area contributed by atoms with E-state index in [4.69, 9.17) is 0 Å². The topological polar surface area (TPSA) is 99.0 Å². The van der Waals surface area contributed by atoms with Crippen molar-refractivity contribution in [3.8, 4) is 0 Å². The highest BCUT2D eigenvalue weighted by atomic mass is 16.6. The number of rotatable bonds is 7. The summed E-state index contributed by atoms with van der Waals surface area (Å²) >= 11 is 0. The van der Waals surface area contributed by atoms with Crippen LogP contribution in [-0.2, 0) is 9.59 Å². The van der Waals surface area contributed by atoms with Crippen molar-refractivity contribution in [2.24, 2.45) is 0 Å². The third-order valence-electron chi connectivity index (χ3n) is 5.74. The number of hydrogen-bond acceptors (Lipinski definition) is 6. The lowest BCUT2D eigenvalue weighted by Gasteiger charge is -2.39. The summed E-state index contributed by atoms with van der Waals surface area (Å²) in [5.41, 5.74) is 2.81. The molecule has 32 heavy (non-hydrogen) atoms. The number of nitrogens with one attached hydrogen (secondary N) is 1. The number of nitrogens with zero attached hydrogens (tertiary/aromatic N) is 4. The smallest absolute Gasteiger partial charge is 0.269 e. The second-order valence-electron chi connectivity index (χ2n) is 8.08. The fraction of sp³-hybridized carbons (Fsp3) is 0.391. The lowest BCUT2D eigenvalue weighted by Crippen LogP contribution is -2.54. The number of carbonyl (C=O) groups is 2. The minimum atomic E-state index is -0.410. The first kappa shape index (κ1) is 23.2. The van der Waals surface area contributed by atoms with Gasteiger partial charge in [0.1, 0.15) is 0 Å². The largest absolute Gasteiger partial charge is 0.369 e. The van der Waals surface area contributed by atoms with E-state index in [1.807, 2.05) is 38.1 Å². The van der Waals surface area contributed by atoms with E-state index in [-0.39, 0.29) is 30.1 Å². The molecule has 1 saturated heterocycles. The van der Waals surface area contributed by atoms with Gasteiger partial charge in [0.05, 0.1) is 17.5 Å². The number of anilines is 2. The Morgan fingerprint density at radius 2 is 1.66 bits per heavy atom. The van der Waals surface area contributed by atoms with E-state index in [0.29, 0.717) is 31.9 Å². The second-order valence-corrected chi connectivity index (χ2v) is 8.08. The van der Waals surface area contributed by atoms with Gasteiger partial charge in [-0.25, -0.2) is 0 Å². The van der Waals surface area contributed by atoms with Crippen LogP contribution in [0.2, 0.25) is 0 Å². The minimum Gasteiger partial charge on any atom is -0.369 e. The summed E-state index contributed by atoms with van der Waals surface area (Å²) in [4.78, 5) is 41.3. The van der Waals surface area contributed by atoms with Crippen molar-refractivity contribution in [1.82, 2.24) is 9.80 Å². The van der Waals surface area contributed by atoms with Crippen LogP contribution in [-0.4, -0.2) is 72.4 Å². The normalized spacial score (nSPS) is 15.2. The van der Waals surface area contributed by atoms with Crippen molar-refractivity contribution in [2.75, 3.05) is 50.0 Å². The first-order valence-electron chi connectivity index (χ1n) is 10.6. The quantitative estimate of drug-likeness (QED) is 0.526. The number of likely N-dealkylation sites (N-methyl/N-ethyl adjacent to an activating group) is 1. The molecule has 3 rings (SSSR count). The molecule has 0 aromatic heterocycles. The molecule has 1 fully saturated rings. The highest BCUT2D eigenvalue weighted by Gasteiger charge is 2.28. The van der Waals surface area contributed by atoms with Gasteiger partial charge in [-0.1, -0.05) is 17.7 Å². The number of non-ortho nitro benzene ring substituents is 1. The predicted molar refractivity (Wildman–Crippen MR) is 124 cm³/mol. The molecule has 0 saturated carbocycles. The Morgan fingerprint density at radius 3 is 2.22 bits per heavy atom. The molecule has 2 aromatic rings. The van der Waals surface area contributed by atoms with Crippen molar-refractivity contribution in [3.63, 3.8) is 0 Å². The summed E-state index contributed by atoms with van der Waals surface area (Å²) in [6.07, 6.45) is 0. The Hall–Kier alpha value is -3.46. The highest BCUT2D eigenvalue weighted by molar-refractivity contribution is 5.95. The third-order valence-corrected chi connectivity index (χ3v) is 5.74. The first-order chi connectivity index (χ1) is 15.2. The molecule has 1 unspecified atom stereocenters. The van der Waals surface area contributed by atoms with Crippen LogP contribution in [0.25, 0.3) is 0 Å². The maximum absolute atomic E-state index is 12.9. The van der Waals surface area contributed by atoms with Crippen LogP contribution < -0.4 is 10.2 Å². The van der Waals surface area contributed by atoms with E-state index in [1.165, 1.54) is 17.0 Å². The van der Waals surface area contributed by atoms with Crippen LogP contribution in [0.3, 0.4) is 0 Å². The van der Waals surface area contributed by atoms with Crippen LogP contribution in [0.1, 0.15) is 12.5 Å². The van der Waals surface area contributed by atoms with E-state index >= 15 is 0 Å². The molecule has 1 N–H and O–H groups in total. The molecule has 0 aliphatic carbocycles. The zero-order valence-electron chi connectivity index (χ0n) is 18.7. The van der Waals surface area contributed by atoms with Gasteiger partial charge in [0, 0.05) is 56.7 Å². The fourth-order valence-corrected chi connectivity index (χ4v) is 3.76. The number of piperazine rings is 1. The lowest BCUT2D eigenvalue weighted by atomic mass is 10.2. The lowest BCUT2D eigenvalue weighted by molar-refractivity contribution is -0.384. The van der Waals surface area contributed by atoms with Gasteiger partial charge in [0.2, 0.25) is 11.8 Å². The Kier molecular flexibility index (Phi) is 7.42. The average molecular weight is 440 g/mol. The molecular formula is C23H29N5O4. The summed E-state index contributed by atoms with van der Waals surface area (Å²) in [6.45, 7) is 6.63. The molecular weight excluding hydrogens is 410 g/mol. The van der Waals surface area contributed by atoms with Gasteiger partial charge in [-0.05, 0) is 38.1 Å². The zero-order valence-corrected chi connectivity index (χ0v) is 18.7. The molecule has 2 amide bonds.